The van der Waals surface area contributed by atoms with Gasteiger partial charge in [-0.1, -0.05) is 91.0 Å². The largest absolute Gasteiger partial charge is 0.426 e. The molecule has 0 N–H and O–H groups in total. The molecule has 2 aliphatic heterocycles. The maximum absolute atomic E-state index is 14.2. The monoisotopic (exact) mass is 604 g/mol. The second-order valence-corrected chi connectivity index (χ2v) is 12.6. The molecule has 7 heteroatoms. The fraction of sp³-hybridized carbons (Fsp3) is 0.179. The lowest BCUT2D eigenvalue weighted by Crippen LogP contribution is -2.41. The van der Waals surface area contributed by atoms with E-state index in [1.807, 2.05) is 66.7 Å². The van der Waals surface area contributed by atoms with Gasteiger partial charge in [-0.15, -0.1) is 0 Å². The molecule has 2 saturated heterocycles. The second kappa shape index (κ2) is 9.97. The van der Waals surface area contributed by atoms with Crippen molar-refractivity contribution in [1.29, 1.82) is 0 Å². The molecular formula is C39H28N2O5. The van der Waals surface area contributed by atoms with Crippen LogP contribution in [0.4, 0.5) is 11.4 Å². The molecule has 10 rings (SSSR count). The molecule has 0 unspecified atom stereocenters. The standard InChI is InChI=1S/C39H28N2O5/c42-32-19-23(21-40(32)31-18-7-10-22-9-1-2-13-26(22)31)39(45)46-25-12-8-11-24(20-25)41-37(43)35-33-27-14-3-4-15-28(27)34(36(35)38(41)44)30-17-6-5-16-29(30)33/h1-18,20,23,33-36H,19,21H2/t23-,33?,34?,35-,36+/m0/s1. The summed E-state index contributed by atoms with van der Waals surface area (Å²) in [6.07, 6.45) is 0.0398. The molecule has 2 bridgehead atoms. The molecule has 0 saturated carbocycles. The van der Waals surface area contributed by atoms with Gasteiger partial charge >= 0.3 is 5.97 Å². The number of hydrogen-bond donors (Lipinski definition) is 0. The maximum atomic E-state index is 14.2. The Kier molecular flexibility index (Phi) is 5.81. The van der Waals surface area contributed by atoms with Crippen LogP contribution in [-0.4, -0.2) is 30.2 Å². The lowest BCUT2D eigenvalue weighted by Gasteiger charge is -2.45. The van der Waals surface area contributed by atoms with Gasteiger partial charge < -0.3 is 9.64 Å². The third-order valence-corrected chi connectivity index (χ3v) is 10.3. The Morgan fingerprint density at radius 2 is 1.22 bits per heavy atom. The molecule has 224 valence electrons. The van der Waals surface area contributed by atoms with Gasteiger partial charge in [-0.3, -0.25) is 19.2 Å². The first-order chi connectivity index (χ1) is 22.5. The lowest BCUT2D eigenvalue weighted by molar-refractivity contribution is -0.139. The van der Waals surface area contributed by atoms with Crippen molar-refractivity contribution in [2.45, 2.75) is 18.3 Å². The van der Waals surface area contributed by atoms with E-state index in [1.54, 1.807) is 29.2 Å². The number of imide groups is 1. The molecule has 2 heterocycles. The van der Waals surface area contributed by atoms with Crippen LogP contribution in [-0.2, 0) is 19.2 Å². The van der Waals surface area contributed by atoms with Crippen LogP contribution >= 0.6 is 0 Å². The first kappa shape index (κ1) is 26.8. The molecule has 0 aromatic heterocycles. The Balaban J connectivity index is 0.982. The highest BCUT2D eigenvalue weighted by Crippen LogP contribution is 2.61. The molecule has 0 radical (unpaired) electrons. The van der Waals surface area contributed by atoms with E-state index in [0.29, 0.717) is 5.69 Å². The first-order valence-corrected chi connectivity index (χ1v) is 15.6. The fourth-order valence-corrected chi connectivity index (χ4v) is 8.36. The number of benzene rings is 5. The quantitative estimate of drug-likeness (QED) is 0.139. The van der Waals surface area contributed by atoms with Crippen LogP contribution in [0.15, 0.2) is 115 Å². The molecule has 0 spiro atoms. The minimum Gasteiger partial charge on any atom is -0.426 e. The van der Waals surface area contributed by atoms with E-state index in [2.05, 4.69) is 24.3 Å². The highest BCUT2D eigenvalue weighted by Gasteiger charge is 2.61. The van der Waals surface area contributed by atoms with Gasteiger partial charge in [0.1, 0.15) is 5.75 Å². The van der Waals surface area contributed by atoms with Gasteiger partial charge in [-0.25, -0.2) is 4.90 Å². The fourth-order valence-electron chi connectivity index (χ4n) is 8.36. The Morgan fingerprint density at radius 3 is 1.87 bits per heavy atom. The van der Waals surface area contributed by atoms with Gasteiger partial charge in [-0.2, -0.15) is 0 Å². The molecular weight excluding hydrogens is 576 g/mol. The predicted molar refractivity (Wildman–Crippen MR) is 173 cm³/mol. The molecule has 2 fully saturated rings. The minimum absolute atomic E-state index is 0.0398. The number of rotatable bonds is 4. The topological polar surface area (TPSA) is 84.0 Å². The number of esters is 1. The van der Waals surface area contributed by atoms with Crippen molar-refractivity contribution in [2.75, 3.05) is 16.3 Å². The van der Waals surface area contributed by atoms with Gasteiger partial charge in [-0.05, 0) is 45.8 Å². The maximum Gasteiger partial charge on any atom is 0.316 e. The number of amides is 3. The molecule has 7 nitrogen and oxygen atoms in total. The van der Waals surface area contributed by atoms with Crippen molar-refractivity contribution in [3.8, 4) is 5.75 Å². The van der Waals surface area contributed by atoms with E-state index >= 15 is 0 Å². The number of anilines is 2. The second-order valence-electron chi connectivity index (χ2n) is 12.6. The van der Waals surface area contributed by atoms with E-state index in [0.717, 1.165) is 38.7 Å². The average Bonchev–Trinajstić information content (AvgIpc) is 3.61. The molecule has 3 aliphatic carbocycles. The van der Waals surface area contributed by atoms with E-state index in [9.17, 15) is 19.2 Å². The van der Waals surface area contributed by atoms with Crippen molar-refractivity contribution in [3.05, 3.63) is 138 Å². The van der Waals surface area contributed by atoms with Crippen LogP contribution in [0.3, 0.4) is 0 Å². The highest BCUT2D eigenvalue weighted by molar-refractivity contribution is 6.23. The van der Waals surface area contributed by atoms with Crippen LogP contribution < -0.4 is 14.5 Å². The van der Waals surface area contributed by atoms with Crippen LogP contribution in [0.1, 0.15) is 40.5 Å². The molecule has 5 aromatic carbocycles. The van der Waals surface area contributed by atoms with Crippen molar-refractivity contribution < 1.29 is 23.9 Å². The Morgan fingerprint density at radius 1 is 0.652 bits per heavy atom. The third kappa shape index (κ3) is 3.78. The number of ether oxygens (including phenoxy) is 1. The van der Waals surface area contributed by atoms with E-state index in [4.69, 9.17) is 4.74 Å². The Bertz CT molecular complexity index is 2020. The van der Waals surface area contributed by atoms with Crippen LogP contribution in [0.5, 0.6) is 5.75 Å². The zero-order chi connectivity index (χ0) is 31.1. The summed E-state index contributed by atoms with van der Waals surface area (Å²) in [4.78, 5) is 57.7. The van der Waals surface area contributed by atoms with Gasteiger partial charge in [0.25, 0.3) is 0 Å². The van der Waals surface area contributed by atoms with Crippen LogP contribution in [0.25, 0.3) is 10.8 Å². The van der Waals surface area contributed by atoms with E-state index < -0.39 is 23.7 Å². The third-order valence-electron chi connectivity index (χ3n) is 10.3. The Labute approximate surface area is 265 Å². The Hall–Kier alpha value is -5.56. The summed E-state index contributed by atoms with van der Waals surface area (Å²) in [6.45, 7) is 0.210. The first-order valence-electron chi connectivity index (χ1n) is 15.6. The summed E-state index contributed by atoms with van der Waals surface area (Å²) in [5.74, 6) is -2.96. The average molecular weight is 605 g/mol. The van der Waals surface area contributed by atoms with Crippen molar-refractivity contribution in [3.63, 3.8) is 0 Å². The van der Waals surface area contributed by atoms with Crippen LogP contribution in [0.2, 0.25) is 0 Å². The van der Waals surface area contributed by atoms with Gasteiger partial charge in [0, 0.05) is 36.3 Å². The number of carbonyl (C=O) groups is 4. The summed E-state index contributed by atoms with van der Waals surface area (Å²) < 4.78 is 5.80. The molecule has 5 aromatic rings. The SMILES string of the molecule is O=C(Oc1cccc(N2C(=O)[C@@H]3C4c5ccccc5C(c5ccccc54)[C@@H]3C2=O)c1)[C@H]1CC(=O)N(c2cccc3ccccc23)C1. The molecule has 3 atom stereocenters. The predicted octanol–water partition coefficient (Wildman–Crippen LogP) is 6.19. The van der Waals surface area contributed by atoms with E-state index in [-0.39, 0.29) is 48.3 Å². The van der Waals surface area contributed by atoms with Crippen molar-refractivity contribution in [2.24, 2.45) is 17.8 Å². The highest BCUT2D eigenvalue weighted by atomic mass is 16.5. The summed E-state index contributed by atoms with van der Waals surface area (Å²) in [5, 5.41) is 1.96. The molecule has 46 heavy (non-hydrogen) atoms. The molecule has 5 aliphatic rings. The smallest absolute Gasteiger partial charge is 0.316 e. The number of nitrogens with zero attached hydrogens (tertiary/aromatic N) is 2. The zero-order valence-electron chi connectivity index (χ0n) is 24.7. The lowest BCUT2D eigenvalue weighted by atomic mass is 9.55. The molecule has 3 amide bonds. The van der Waals surface area contributed by atoms with Crippen LogP contribution in [0, 0.1) is 17.8 Å². The van der Waals surface area contributed by atoms with Crippen molar-refractivity contribution in [1.82, 2.24) is 0 Å². The summed E-state index contributed by atoms with van der Waals surface area (Å²) in [5.41, 5.74) is 5.60. The zero-order valence-corrected chi connectivity index (χ0v) is 24.7. The summed E-state index contributed by atoms with van der Waals surface area (Å²) >= 11 is 0. The van der Waals surface area contributed by atoms with Crippen molar-refractivity contribution >= 4 is 45.8 Å². The van der Waals surface area contributed by atoms with Gasteiger partial charge in [0.05, 0.1) is 29.1 Å². The normalized spacial score (nSPS) is 24.3. The summed E-state index contributed by atoms with van der Waals surface area (Å²) in [6, 6.07) is 36.5. The minimum atomic E-state index is -0.652. The number of carbonyl (C=O) groups excluding carboxylic acids is 4. The van der Waals surface area contributed by atoms with Gasteiger partial charge in [0.15, 0.2) is 0 Å². The number of fused-ring (bicyclic) bond motifs is 1. The summed E-state index contributed by atoms with van der Waals surface area (Å²) in [7, 11) is 0. The number of hydrogen-bond acceptors (Lipinski definition) is 5. The van der Waals surface area contributed by atoms with Gasteiger partial charge in [0.2, 0.25) is 17.7 Å². The van der Waals surface area contributed by atoms with E-state index in [1.165, 1.54) is 4.90 Å².